The lowest BCUT2D eigenvalue weighted by Crippen LogP contribution is -2.44. The Morgan fingerprint density at radius 3 is 1.33 bits per heavy atom. The van der Waals surface area contributed by atoms with Gasteiger partial charge in [-0.1, -0.05) is 186 Å². The predicted octanol–water partition coefficient (Wildman–Crippen LogP) is 12.1. The first-order valence-electron chi connectivity index (χ1n) is 39.3. The summed E-state index contributed by atoms with van der Waals surface area (Å²) in [6.07, 6.45) is 7.65. The number of nitrogens with zero attached hydrogens (tertiary/aromatic N) is 20. The fourth-order valence-electron chi connectivity index (χ4n) is 13.6. The molecule has 15 N–H and O–H groups in total. The first-order valence-corrected chi connectivity index (χ1v) is 39.3. The number of amides is 1. The second-order valence-corrected chi connectivity index (χ2v) is 31.9. The minimum Gasteiger partial charge on any atom is -0.445 e. The number of benzene rings is 6. The van der Waals surface area contributed by atoms with E-state index in [4.69, 9.17) is 59.5 Å². The van der Waals surface area contributed by atoms with Crippen molar-refractivity contribution in [3.05, 3.63) is 258 Å². The number of anilines is 4. The predicted molar refractivity (Wildman–Crippen MR) is 476 cm³/mol. The molecule has 10 heterocycles. The van der Waals surface area contributed by atoms with Crippen molar-refractivity contribution in [3.63, 3.8) is 0 Å². The molecular weight excluding hydrogens is 1510 g/mol. The SMILES string of the molecule is Cc1ccc(-c2nn(C(C)(C)CN=C(N)c3ccccc3)c3ncnc(N)c23)cc1.Cc1ccc(-c2nn(C(C)(C)CN=C(N)c3ccccn3)c3ncnc(N)c23)cc1.Cc1ccc(-c2nn(C(C)(C)CNC3=NCCN3)c3ncnc(N)c23)cc1.Cc1cccc(Cc2nn(C(C)(C)CNC(=O)OCc3ccccc3)c3ncnc(N)c23)c1. The second-order valence-electron chi connectivity index (χ2n) is 31.9. The van der Waals surface area contributed by atoms with Crippen molar-refractivity contribution in [2.75, 3.05) is 62.2 Å². The third-order valence-corrected chi connectivity index (χ3v) is 20.3. The Labute approximate surface area is 695 Å². The van der Waals surface area contributed by atoms with Gasteiger partial charge in [-0.05, 0) is 106 Å². The Hall–Kier alpha value is -14.7. The Morgan fingerprint density at radius 1 is 0.450 bits per heavy atom. The number of fused-ring (bicyclic) bond motifs is 4. The van der Waals surface area contributed by atoms with E-state index in [0.717, 1.165) is 102 Å². The number of ether oxygens (including phenoxy) is 1. The highest BCUT2D eigenvalue weighted by Gasteiger charge is 2.33. The Kier molecular flexibility index (Phi) is 24.9. The molecule has 614 valence electrons. The zero-order valence-electron chi connectivity index (χ0n) is 69.5. The van der Waals surface area contributed by atoms with E-state index < -0.39 is 22.7 Å². The summed E-state index contributed by atoms with van der Waals surface area (Å²) in [5.74, 6) is 3.33. The lowest BCUT2D eigenvalue weighted by molar-refractivity contribution is 0.135. The third-order valence-electron chi connectivity index (χ3n) is 20.3. The summed E-state index contributed by atoms with van der Waals surface area (Å²) in [5, 5.41) is 32.0. The number of hydrogen-bond donors (Lipinski definition) is 9. The van der Waals surface area contributed by atoms with Crippen LogP contribution in [0.25, 0.3) is 77.9 Å². The van der Waals surface area contributed by atoms with Gasteiger partial charge in [0.05, 0.1) is 69.0 Å². The fourth-order valence-corrected chi connectivity index (χ4v) is 13.6. The van der Waals surface area contributed by atoms with Gasteiger partial charge >= 0.3 is 6.09 Å². The maximum atomic E-state index is 12.3. The number of carbonyl (C=O) groups excluding carboxylic acids is 1. The monoisotopic (exact) mass is 1610 g/mol. The highest BCUT2D eigenvalue weighted by atomic mass is 16.5. The van der Waals surface area contributed by atoms with E-state index in [9.17, 15) is 4.79 Å². The average Bonchev–Trinajstić information content (AvgIpc) is 1.64. The van der Waals surface area contributed by atoms with Crippen LogP contribution in [0.15, 0.2) is 222 Å². The van der Waals surface area contributed by atoms with Crippen LogP contribution in [-0.4, -0.2) is 147 Å². The number of carbonyl (C=O) groups is 1. The van der Waals surface area contributed by atoms with E-state index in [1.807, 2.05) is 175 Å². The molecule has 0 fully saturated rings. The standard InChI is InChI=1S/C25H28N6O2.C23H25N7.C22H24N8.C19H24N8/c1-17-8-7-11-19(12-17)13-20-21-22(26)28-16-29-23(21)31(30-20)25(2,3)15-27-24(32)33-14-18-9-5-4-6-10-18;1-15-9-11-16(12-10-15)19-18-21(25)27-14-28-22(18)30(29-19)23(2,3)13-26-20(24)17-7-5-4-6-8-17;1-14-7-9-15(10-8-14)18-17-20(24)27-13-28-21(17)30(29-18)22(2,3)12-26-19(23)16-6-4-5-11-25-16;1-12-4-6-13(7-5-12)15-14-16(20)24-11-25-17(14)27(26-15)19(2,3)10-23-18-21-8-9-22-18/h4-12,16H,13-15H2,1-3H3,(H,27,32)(H2,26,28,29);4-12,14H,13H2,1-3H3,(H2,24,26)(H2,25,27,28);4-11,13H,12H2,1-3H3,(H2,23,26)(H2,24,27,28);4-7,11H,8-10H2,1-3H3,(H2,20,24,25)(H2,21,22,23). The van der Waals surface area contributed by atoms with Crippen molar-refractivity contribution in [2.24, 2.45) is 26.4 Å². The Balaban J connectivity index is 0.000000139. The molecule has 0 saturated carbocycles. The number of nitrogens with two attached hydrogens (primary N) is 6. The Morgan fingerprint density at radius 2 is 0.875 bits per heavy atom. The van der Waals surface area contributed by atoms with E-state index in [0.29, 0.717) is 90.2 Å². The van der Waals surface area contributed by atoms with Crippen molar-refractivity contribution in [1.29, 1.82) is 0 Å². The third kappa shape index (κ3) is 19.2. The quantitative estimate of drug-likeness (QED) is 0.0238. The summed E-state index contributed by atoms with van der Waals surface area (Å²) >= 11 is 0. The average molecular weight is 1610 g/mol. The van der Waals surface area contributed by atoms with Gasteiger partial charge in [-0.2, -0.15) is 20.4 Å². The van der Waals surface area contributed by atoms with Crippen LogP contribution in [0.3, 0.4) is 0 Å². The molecule has 1 amide bonds. The van der Waals surface area contributed by atoms with E-state index in [1.54, 1.807) is 6.20 Å². The summed E-state index contributed by atoms with van der Waals surface area (Å²) in [5.41, 5.74) is 52.3. The molecule has 120 heavy (non-hydrogen) atoms. The molecule has 0 radical (unpaired) electrons. The van der Waals surface area contributed by atoms with Gasteiger partial charge in [0, 0.05) is 54.5 Å². The zero-order valence-corrected chi connectivity index (χ0v) is 69.5. The second kappa shape index (κ2) is 35.8. The molecule has 9 aromatic heterocycles. The lowest BCUT2D eigenvalue weighted by Gasteiger charge is -2.26. The summed E-state index contributed by atoms with van der Waals surface area (Å²) < 4.78 is 12.8. The molecule has 0 saturated heterocycles. The van der Waals surface area contributed by atoms with Gasteiger partial charge in [0.2, 0.25) is 0 Å². The van der Waals surface area contributed by atoms with Gasteiger partial charge < -0.3 is 55.1 Å². The molecule has 0 atom stereocenters. The summed E-state index contributed by atoms with van der Waals surface area (Å²) in [6.45, 7) is 28.2. The van der Waals surface area contributed by atoms with Crippen LogP contribution in [0.4, 0.5) is 28.1 Å². The van der Waals surface area contributed by atoms with Gasteiger partial charge in [0.1, 0.15) is 89.6 Å². The molecule has 16 rings (SSSR count). The molecule has 31 heteroatoms. The Bertz CT molecular complexity index is 6000. The van der Waals surface area contributed by atoms with Crippen LogP contribution in [0.5, 0.6) is 0 Å². The molecule has 1 aliphatic heterocycles. The number of pyridine rings is 1. The number of alkyl carbamates (subject to hydrolysis) is 1. The van der Waals surface area contributed by atoms with Crippen LogP contribution < -0.4 is 50.4 Å². The van der Waals surface area contributed by atoms with Gasteiger partial charge in [-0.25, -0.2) is 63.4 Å². The largest absolute Gasteiger partial charge is 0.445 e. The number of nitrogen functional groups attached to an aromatic ring is 4. The summed E-state index contributed by atoms with van der Waals surface area (Å²) in [4.78, 5) is 64.7. The minimum absolute atomic E-state index is 0.211. The fraction of sp³-hybridized carbons (Fsp3) is 0.270. The number of nitrogens with one attached hydrogen (secondary N) is 3. The first-order chi connectivity index (χ1) is 57.5. The number of guanidine groups is 1. The molecule has 0 unspecified atom stereocenters. The number of aryl methyl sites for hydroxylation is 4. The molecule has 0 bridgehead atoms. The molecule has 6 aromatic carbocycles. The molecular formula is C89H101N29O2. The number of aromatic nitrogens is 17. The van der Waals surface area contributed by atoms with Crippen molar-refractivity contribution in [2.45, 2.75) is 118 Å². The number of aliphatic imine (C=N–C) groups is 3. The van der Waals surface area contributed by atoms with Gasteiger partial charge in [0.25, 0.3) is 0 Å². The van der Waals surface area contributed by atoms with E-state index in [2.05, 4.69) is 179 Å². The van der Waals surface area contributed by atoms with Crippen LogP contribution in [0.2, 0.25) is 0 Å². The molecule has 1 aliphatic rings. The van der Waals surface area contributed by atoms with Crippen LogP contribution in [0, 0.1) is 27.7 Å². The normalized spacial score (nSPS) is 12.6. The zero-order chi connectivity index (χ0) is 85.0. The minimum atomic E-state index is -0.588. The number of rotatable bonds is 21. The van der Waals surface area contributed by atoms with Gasteiger partial charge in [-0.3, -0.25) is 20.0 Å². The maximum Gasteiger partial charge on any atom is 0.407 e. The summed E-state index contributed by atoms with van der Waals surface area (Å²) in [6, 6.07) is 57.7. The number of hydrogen-bond acceptors (Lipinski definition) is 24. The van der Waals surface area contributed by atoms with Gasteiger partial charge in [0.15, 0.2) is 28.5 Å². The maximum absolute atomic E-state index is 12.3. The first kappa shape index (κ1) is 83.3. The highest BCUT2D eigenvalue weighted by molar-refractivity contribution is 6.01. The highest BCUT2D eigenvalue weighted by Crippen LogP contribution is 2.38. The lowest BCUT2D eigenvalue weighted by atomic mass is 10.1. The van der Waals surface area contributed by atoms with E-state index in [1.165, 1.54) is 47.6 Å². The molecule has 15 aromatic rings. The van der Waals surface area contributed by atoms with Crippen molar-refractivity contribution in [3.8, 4) is 33.8 Å². The molecule has 31 nitrogen and oxygen atoms in total. The topological polar surface area (TPSA) is 443 Å². The van der Waals surface area contributed by atoms with Crippen LogP contribution in [0.1, 0.15) is 106 Å². The van der Waals surface area contributed by atoms with Crippen molar-refractivity contribution in [1.82, 2.24) is 99.9 Å². The molecule has 0 aliphatic carbocycles. The van der Waals surface area contributed by atoms with E-state index in [-0.39, 0.29) is 12.1 Å². The smallest absolute Gasteiger partial charge is 0.407 e. The van der Waals surface area contributed by atoms with E-state index >= 15 is 0 Å². The summed E-state index contributed by atoms with van der Waals surface area (Å²) in [7, 11) is 0. The van der Waals surface area contributed by atoms with Crippen LogP contribution in [-0.2, 0) is 39.9 Å². The molecule has 0 spiro atoms. The number of amidine groups is 2. The van der Waals surface area contributed by atoms with Crippen molar-refractivity contribution < 1.29 is 9.53 Å². The van der Waals surface area contributed by atoms with Crippen molar-refractivity contribution >= 4 is 91.1 Å². The van der Waals surface area contributed by atoms with Gasteiger partial charge in [-0.15, -0.1) is 0 Å². The van der Waals surface area contributed by atoms with Crippen LogP contribution >= 0.6 is 0 Å².